The van der Waals surface area contributed by atoms with Crippen molar-refractivity contribution in [1.29, 1.82) is 0 Å². The number of anilines is 1. The Balaban J connectivity index is 1.36. The van der Waals surface area contributed by atoms with Crippen molar-refractivity contribution < 1.29 is 9.53 Å². The lowest BCUT2D eigenvalue weighted by Crippen LogP contribution is -2.14. The predicted octanol–water partition coefficient (Wildman–Crippen LogP) is 5.44. The fourth-order valence-corrected chi connectivity index (χ4v) is 4.63. The molecular weight excluding hydrogens is 402 g/mol. The van der Waals surface area contributed by atoms with Gasteiger partial charge >= 0.3 is 0 Å². The van der Waals surface area contributed by atoms with Crippen molar-refractivity contribution >= 4 is 43.9 Å². The molecule has 2 heterocycles. The van der Waals surface area contributed by atoms with E-state index in [1.165, 1.54) is 22.7 Å². The highest BCUT2D eigenvalue weighted by atomic mass is 32.1. The monoisotopic (exact) mass is 423 g/mol. The van der Waals surface area contributed by atoms with Crippen molar-refractivity contribution in [3.05, 3.63) is 69.2 Å². The summed E-state index contributed by atoms with van der Waals surface area (Å²) in [5, 5.41) is 6.27. The standard InChI is InChI=1S/C22H21N3O2S2/c1-13-7-8-14(2)17(9-13)27-11-20-23-16(12-28-20)10-19(26)24-22-25-21-15(3)5-4-6-18(21)29-22/h4-9,12H,10-11H2,1-3H3,(H,24,25,26). The number of thiazole rings is 2. The van der Waals surface area contributed by atoms with Crippen LogP contribution in [0.2, 0.25) is 0 Å². The van der Waals surface area contributed by atoms with E-state index in [0.717, 1.165) is 43.4 Å². The number of aromatic nitrogens is 2. The molecule has 0 aliphatic rings. The van der Waals surface area contributed by atoms with Crippen LogP contribution >= 0.6 is 22.7 Å². The average molecular weight is 424 g/mol. The second-order valence-corrected chi connectivity index (χ2v) is 8.93. The summed E-state index contributed by atoms with van der Waals surface area (Å²) in [4.78, 5) is 21.5. The molecule has 2 aromatic carbocycles. The molecule has 0 saturated heterocycles. The van der Waals surface area contributed by atoms with Crippen molar-refractivity contribution in [3.8, 4) is 5.75 Å². The largest absolute Gasteiger partial charge is 0.486 e. The Morgan fingerprint density at radius 3 is 2.79 bits per heavy atom. The van der Waals surface area contributed by atoms with Crippen LogP contribution < -0.4 is 10.1 Å². The van der Waals surface area contributed by atoms with E-state index in [9.17, 15) is 4.79 Å². The summed E-state index contributed by atoms with van der Waals surface area (Å²) in [6.45, 7) is 6.48. The Labute approximate surface area is 177 Å². The lowest BCUT2D eigenvalue weighted by atomic mass is 10.1. The Bertz CT molecular complexity index is 1180. The molecule has 7 heteroatoms. The molecule has 4 aromatic rings. The topological polar surface area (TPSA) is 64.1 Å². The number of carbonyl (C=O) groups is 1. The first-order valence-corrected chi connectivity index (χ1v) is 11.0. The fraction of sp³-hybridized carbons (Fsp3) is 0.227. The Morgan fingerprint density at radius 2 is 1.97 bits per heavy atom. The number of benzene rings is 2. The molecule has 4 rings (SSSR count). The van der Waals surface area contributed by atoms with E-state index < -0.39 is 0 Å². The lowest BCUT2D eigenvalue weighted by Gasteiger charge is -2.08. The molecule has 29 heavy (non-hydrogen) atoms. The van der Waals surface area contributed by atoms with Gasteiger partial charge in [0.15, 0.2) is 5.13 Å². The number of aryl methyl sites for hydroxylation is 3. The van der Waals surface area contributed by atoms with Crippen LogP contribution in [0.1, 0.15) is 27.4 Å². The van der Waals surface area contributed by atoms with Gasteiger partial charge in [0, 0.05) is 5.38 Å². The maximum atomic E-state index is 12.4. The average Bonchev–Trinajstić information content (AvgIpc) is 3.29. The van der Waals surface area contributed by atoms with E-state index in [2.05, 4.69) is 21.4 Å². The molecule has 0 aliphatic carbocycles. The SMILES string of the molecule is Cc1ccc(C)c(OCc2nc(CC(=O)Nc3nc4c(C)cccc4s3)cs2)c1. The molecule has 0 fully saturated rings. The maximum Gasteiger partial charge on any atom is 0.232 e. The molecule has 1 N–H and O–H groups in total. The number of ether oxygens (including phenoxy) is 1. The van der Waals surface area contributed by atoms with Gasteiger partial charge in [-0.05, 0) is 49.6 Å². The normalized spacial score (nSPS) is 11.0. The van der Waals surface area contributed by atoms with Crippen molar-refractivity contribution in [3.63, 3.8) is 0 Å². The van der Waals surface area contributed by atoms with E-state index in [0.29, 0.717) is 11.7 Å². The molecule has 2 aromatic heterocycles. The van der Waals surface area contributed by atoms with E-state index >= 15 is 0 Å². The summed E-state index contributed by atoms with van der Waals surface area (Å²) in [6, 6.07) is 12.2. The van der Waals surface area contributed by atoms with Crippen molar-refractivity contribution in [2.75, 3.05) is 5.32 Å². The lowest BCUT2D eigenvalue weighted by molar-refractivity contribution is -0.115. The van der Waals surface area contributed by atoms with Crippen LogP contribution in [0, 0.1) is 20.8 Å². The third-order valence-corrected chi connectivity index (χ3v) is 6.31. The molecule has 0 bridgehead atoms. The fourth-order valence-electron chi connectivity index (χ4n) is 2.97. The number of nitrogens with zero attached hydrogens (tertiary/aromatic N) is 2. The van der Waals surface area contributed by atoms with Gasteiger partial charge in [0.2, 0.25) is 5.91 Å². The van der Waals surface area contributed by atoms with Crippen LogP contribution in [-0.2, 0) is 17.8 Å². The smallest absolute Gasteiger partial charge is 0.232 e. The van der Waals surface area contributed by atoms with Crippen molar-refractivity contribution in [2.24, 2.45) is 0 Å². The molecule has 0 atom stereocenters. The van der Waals surface area contributed by atoms with E-state index in [-0.39, 0.29) is 12.3 Å². The Hall–Kier alpha value is -2.77. The van der Waals surface area contributed by atoms with Gasteiger partial charge in [-0.25, -0.2) is 9.97 Å². The van der Waals surface area contributed by atoms with Gasteiger partial charge in [0.1, 0.15) is 17.4 Å². The minimum Gasteiger partial charge on any atom is -0.486 e. The van der Waals surface area contributed by atoms with Gasteiger partial charge in [-0.3, -0.25) is 4.79 Å². The highest BCUT2D eigenvalue weighted by Crippen LogP contribution is 2.28. The van der Waals surface area contributed by atoms with Crippen LogP contribution in [0.15, 0.2) is 41.8 Å². The van der Waals surface area contributed by atoms with Crippen LogP contribution in [0.5, 0.6) is 5.75 Å². The molecule has 0 radical (unpaired) electrons. The molecular formula is C22H21N3O2S2. The van der Waals surface area contributed by atoms with Gasteiger partial charge in [-0.1, -0.05) is 35.6 Å². The molecule has 5 nitrogen and oxygen atoms in total. The zero-order chi connectivity index (χ0) is 20.4. The number of rotatable bonds is 6. The second-order valence-electron chi connectivity index (χ2n) is 6.96. The van der Waals surface area contributed by atoms with Gasteiger partial charge in [0.05, 0.1) is 22.3 Å². The second kappa shape index (κ2) is 8.31. The van der Waals surface area contributed by atoms with Gasteiger partial charge < -0.3 is 10.1 Å². The molecule has 0 aliphatic heterocycles. The van der Waals surface area contributed by atoms with Crippen molar-refractivity contribution in [2.45, 2.75) is 33.8 Å². The molecule has 1 amide bonds. The summed E-state index contributed by atoms with van der Waals surface area (Å²) >= 11 is 2.99. The quantitative estimate of drug-likeness (QED) is 0.449. The van der Waals surface area contributed by atoms with E-state index in [4.69, 9.17) is 4.74 Å². The van der Waals surface area contributed by atoms with Crippen LogP contribution in [0.25, 0.3) is 10.2 Å². The first kappa shape index (κ1) is 19.5. The zero-order valence-electron chi connectivity index (χ0n) is 16.5. The number of amides is 1. The van der Waals surface area contributed by atoms with Crippen LogP contribution in [0.4, 0.5) is 5.13 Å². The number of hydrogen-bond acceptors (Lipinski definition) is 6. The zero-order valence-corrected chi connectivity index (χ0v) is 18.1. The highest BCUT2D eigenvalue weighted by molar-refractivity contribution is 7.22. The number of fused-ring (bicyclic) bond motifs is 1. The minimum atomic E-state index is -0.117. The first-order chi connectivity index (χ1) is 14.0. The summed E-state index contributed by atoms with van der Waals surface area (Å²) in [5.41, 5.74) is 5.04. The Morgan fingerprint density at radius 1 is 1.10 bits per heavy atom. The molecule has 148 valence electrons. The summed E-state index contributed by atoms with van der Waals surface area (Å²) in [5.74, 6) is 0.750. The van der Waals surface area contributed by atoms with Crippen LogP contribution in [-0.4, -0.2) is 15.9 Å². The van der Waals surface area contributed by atoms with E-state index in [1.807, 2.05) is 56.5 Å². The maximum absolute atomic E-state index is 12.4. The number of nitrogens with one attached hydrogen (secondary N) is 1. The number of hydrogen-bond donors (Lipinski definition) is 1. The number of para-hydroxylation sites is 1. The number of carbonyl (C=O) groups excluding carboxylic acids is 1. The summed E-state index contributed by atoms with van der Waals surface area (Å²) in [6.07, 6.45) is 0.217. The van der Waals surface area contributed by atoms with Crippen molar-refractivity contribution in [1.82, 2.24) is 9.97 Å². The Kier molecular flexibility index (Phi) is 5.60. The van der Waals surface area contributed by atoms with Crippen LogP contribution in [0.3, 0.4) is 0 Å². The van der Waals surface area contributed by atoms with Gasteiger partial charge in [-0.15, -0.1) is 11.3 Å². The van der Waals surface area contributed by atoms with Gasteiger partial charge in [-0.2, -0.15) is 0 Å². The molecule has 0 unspecified atom stereocenters. The first-order valence-electron chi connectivity index (χ1n) is 9.27. The summed E-state index contributed by atoms with van der Waals surface area (Å²) in [7, 11) is 0. The molecule has 0 spiro atoms. The molecule has 0 saturated carbocycles. The third kappa shape index (κ3) is 4.63. The minimum absolute atomic E-state index is 0.117. The van der Waals surface area contributed by atoms with E-state index in [1.54, 1.807) is 0 Å². The van der Waals surface area contributed by atoms with Gasteiger partial charge in [0.25, 0.3) is 0 Å². The highest BCUT2D eigenvalue weighted by Gasteiger charge is 2.12. The predicted molar refractivity (Wildman–Crippen MR) is 119 cm³/mol. The third-order valence-electron chi connectivity index (χ3n) is 4.50. The summed E-state index contributed by atoms with van der Waals surface area (Å²) < 4.78 is 6.97.